The van der Waals surface area contributed by atoms with Crippen molar-refractivity contribution in [1.29, 1.82) is 0 Å². The maximum absolute atomic E-state index is 11.8. The number of hydrogen-bond donors (Lipinski definition) is 1. The molecule has 1 N–H and O–H groups in total. The molecule has 112 valence electrons. The first-order valence-electron chi connectivity index (χ1n) is 7.54. The summed E-state index contributed by atoms with van der Waals surface area (Å²) in [6.45, 7) is 7.46. The van der Waals surface area contributed by atoms with Crippen LogP contribution in [0.25, 0.3) is 0 Å². The molecule has 1 atom stereocenters. The number of nitrogens with one attached hydrogen (secondary N) is 1. The monoisotopic (exact) mass is 277 g/mol. The molecule has 0 aliphatic carbocycles. The Labute approximate surface area is 122 Å². The van der Waals surface area contributed by atoms with E-state index in [1.165, 1.54) is 5.56 Å². The second-order valence-electron chi connectivity index (χ2n) is 5.45. The van der Waals surface area contributed by atoms with Crippen molar-refractivity contribution in [3.8, 4) is 0 Å². The number of hydrogen-bond acceptors (Lipinski definition) is 3. The van der Waals surface area contributed by atoms with E-state index in [9.17, 15) is 4.79 Å². The van der Waals surface area contributed by atoms with Gasteiger partial charge in [-0.2, -0.15) is 0 Å². The second kappa shape index (κ2) is 8.75. The minimum atomic E-state index is -0.196. The molecule has 0 amide bonds. The fourth-order valence-corrected chi connectivity index (χ4v) is 2.26. The smallest absolute Gasteiger partial charge is 0.307 e. The SMILES string of the molecule is CCCNC(C)(CCc1ccccc1)CC(=O)OCC. The highest BCUT2D eigenvalue weighted by Crippen LogP contribution is 2.19. The van der Waals surface area contributed by atoms with Gasteiger partial charge in [0, 0.05) is 5.54 Å². The molecule has 20 heavy (non-hydrogen) atoms. The lowest BCUT2D eigenvalue weighted by Crippen LogP contribution is -2.45. The molecular formula is C17H27NO2. The Morgan fingerprint density at radius 1 is 1.25 bits per heavy atom. The molecular weight excluding hydrogens is 250 g/mol. The largest absolute Gasteiger partial charge is 0.466 e. The Morgan fingerprint density at radius 2 is 1.95 bits per heavy atom. The third-order valence-corrected chi connectivity index (χ3v) is 3.45. The fraction of sp³-hybridized carbons (Fsp3) is 0.588. The van der Waals surface area contributed by atoms with Gasteiger partial charge in [0.25, 0.3) is 0 Å². The van der Waals surface area contributed by atoms with Gasteiger partial charge in [-0.05, 0) is 45.2 Å². The molecule has 0 radical (unpaired) electrons. The quantitative estimate of drug-likeness (QED) is 0.704. The molecule has 1 aromatic carbocycles. The Hall–Kier alpha value is -1.35. The maximum Gasteiger partial charge on any atom is 0.307 e. The van der Waals surface area contributed by atoms with Crippen LogP contribution in [-0.4, -0.2) is 24.7 Å². The molecule has 1 rings (SSSR count). The van der Waals surface area contributed by atoms with E-state index in [0.717, 1.165) is 25.8 Å². The van der Waals surface area contributed by atoms with Crippen LogP contribution in [-0.2, 0) is 16.0 Å². The van der Waals surface area contributed by atoms with Crippen molar-refractivity contribution < 1.29 is 9.53 Å². The Morgan fingerprint density at radius 3 is 2.55 bits per heavy atom. The molecule has 0 fully saturated rings. The molecule has 0 spiro atoms. The topological polar surface area (TPSA) is 38.3 Å². The summed E-state index contributed by atoms with van der Waals surface area (Å²) < 4.78 is 5.09. The van der Waals surface area contributed by atoms with Gasteiger partial charge in [-0.1, -0.05) is 37.3 Å². The molecule has 0 bridgehead atoms. The first kappa shape index (κ1) is 16.7. The van der Waals surface area contributed by atoms with Crippen molar-refractivity contribution in [3.63, 3.8) is 0 Å². The third-order valence-electron chi connectivity index (χ3n) is 3.45. The molecule has 0 aromatic heterocycles. The van der Waals surface area contributed by atoms with E-state index in [0.29, 0.717) is 13.0 Å². The zero-order chi connectivity index (χ0) is 14.8. The van der Waals surface area contributed by atoms with Crippen molar-refractivity contribution in [3.05, 3.63) is 35.9 Å². The fourth-order valence-electron chi connectivity index (χ4n) is 2.26. The highest BCUT2D eigenvalue weighted by atomic mass is 16.5. The van der Waals surface area contributed by atoms with E-state index >= 15 is 0 Å². The van der Waals surface area contributed by atoms with E-state index in [2.05, 4.69) is 43.4 Å². The number of carbonyl (C=O) groups excluding carboxylic acids is 1. The summed E-state index contributed by atoms with van der Waals surface area (Å²) in [5.41, 5.74) is 1.11. The molecule has 1 aromatic rings. The van der Waals surface area contributed by atoms with E-state index in [4.69, 9.17) is 4.74 Å². The van der Waals surface area contributed by atoms with Crippen LogP contribution in [0.1, 0.15) is 45.6 Å². The van der Waals surface area contributed by atoms with E-state index in [1.807, 2.05) is 13.0 Å². The summed E-state index contributed by atoms with van der Waals surface area (Å²) in [6.07, 6.45) is 3.38. The minimum Gasteiger partial charge on any atom is -0.466 e. The lowest BCUT2D eigenvalue weighted by molar-refractivity contribution is -0.144. The van der Waals surface area contributed by atoms with Gasteiger partial charge in [0.05, 0.1) is 13.0 Å². The molecule has 0 heterocycles. The van der Waals surface area contributed by atoms with Gasteiger partial charge >= 0.3 is 5.97 Å². The van der Waals surface area contributed by atoms with Crippen LogP contribution in [0.5, 0.6) is 0 Å². The Balaban J connectivity index is 2.59. The van der Waals surface area contributed by atoms with Crippen LogP contribution < -0.4 is 5.32 Å². The van der Waals surface area contributed by atoms with Crippen LogP contribution in [0.4, 0.5) is 0 Å². The van der Waals surface area contributed by atoms with Crippen LogP contribution in [0, 0.1) is 0 Å². The van der Waals surface area contributed by atoms with Crippen molar-refractivity contribution in [2.45, 2.75) is 52.0 Å². The van der Waals surface area contributed by atoms with Gasteiger partial charge in [0.1, 0.15) is 0 Å². The van der Waals surface area contributed by atoms with Crippen LogP contribution in [0.2, 0.25) is 0 Å². The first-order valence-corrected chi connectivity index (χ1v) is 7.54. The summed E-state index contributed by atoms with van der Waals surface area (Å²) in [5, 5.41) is 3.50. The average molecular weight is 277 g/mol. The first-order chi connectivity index (χ1) is 9.59. The van der Waals surface area contributed by atoms with E-state index in [1.54, 1.807) is 0 Å². The zero-order valence-corrected chi connectivity index (χ0v) is 12.9. The summed E-state index contributed by atoms with van der Waals surface area (Å²) >= 11 is 0. The molecule has 3 heteroatoms. The van der Waals surface area contributed by atoms with Gasteiger partial charge in [0.2, 0.25) is 0 Å². The number of carbonyl (C=O) groups is 1. The number of aryl methyl sites for hydroxylation is 1. The number of esters is 1. The molecule has 1 unspecified atom stereocenters. The summed E-state index contributed by atoms with van der Waals surface area (Å²) in [5.74, 6) is -0.119. The lowest BCUT2D eigenvalue weighted by Gasteiger charge is -2.30. The normalized spacial score (nSPS) is 13.8. The third kappa shape index (κ3) is 6.20. The minimum absolute atomic E-state index is 0.119. The predicted molar refractivity (Wildman–Crippen MR) is 82.7 cm³/mol. The highest BCUT2D eigenvalue weighted by Gasteiger charge is 2.27. The van der Waals surface area contributed by atoms with Crippen LogP contribution in [0.15, 0.2) is 30.3 Å². The highest BCUT2D eigenvalue weighted by molar-refractivity contribution is 5.70. The number of ether oxygens (including phenoxy) is 1. The van der Waals surface area contributed by atoms with Crippen molar-refractivity contribution >= 4 is 5.97 Å². The summed E-state index contributed by atoms with van der Waals surface area (Å²) in [7, 11) is 0. The second-order valence-corrected chi connectivity index (χ2v) is 5.45. The van der Waals surface area contributed by atoms with Crippen molar-refractivity contribution in [2.24, 2.45) is 0 Å². The summed E-state index contributed by atoms with van der Waals surface area (Å²) in [6, 6.07) is 10.4. The van der Waals surface area contributed by atoms with Gasteiger partial charge in [-0.25, -0.2) is 0 Å². The van der Waals surface area contributed by atoms with Gasteiger partial charge < -0.3 is 10.1 Å². The standard InChI is InChI=1S/C17H27NO2/c1-4-13-18-17(3,14-16(19)20-5-2)12-11-15-9-7-6-8-10-15/h6-10,18H,4-5,11-14H2,1-3H3. The molecule has 0 saturated carbocycles. The van der Waals surface area contributed by atoms with Crippen LogP contribution >= 0.6 is 0 Å². The van der Waals surface area contributed by atoms with Gasteiger partial charge in [-0.15, -0.1) is 0 Å². The van der Waals surface area contributed by atoms with E-state index < -0.39 is 0 Å². The molecule has 0 aliphatic rings. The van der Waals surface area contributed by atoms with E-state index in [-0.39, 0.29) is 11.5 Å². The Kier molecular flexibility index (Phi) is 7.31. The predicted octanol–water partition coefficient (Wildman–Crippen LogP) is 3.33. The average Bonchev–Trinajstić information content (AvgIpc) is 2.44. The van der Waals surface area contributed by atoms with Gasteiger partial charge in [-0.3, -0.25) is 4.79 Å². The van der Waals surface area contributed by atoms with Crippen molar-refractivity contribution in [2.75, 3.05) is 13.2 Å². The molecule has 0 saturated heterocycles. The Bertz CT molecular complexity index is 391. The van der Waals surface area contributed by atoms with Gasteiger partial charge in [0.15, 0.2) is 0 Å². The molecule has 3 nitrogen and oxygen atoms in total. The number of rotatable bonds is 9. The maximum atomic E-state index is 11.8. The van der Waals surface area contributed by atoms with Crippen molar-refractivity contribution in [1.82, 2.24) is 5.32 Å². The molecule has 0 aliphatic heterocycles. The number of benzene rings is 1. The van der Waals surface area contributed by atoms with Crippen LogP contribution in [0.3, 0.4) is 0 Å². The zero-order valence-electron chi connectivity index (χ0n) is 12.9. The summed E-state index contributed by atoms with van der Waals surface area (Å²) in [4.78, 5) is 11.8. The lowest BCUT2D eigenvalue weighted by atomic mass is 9.89.